The first-order valence-electron chi connectivity index (χ1n) is 11.9. The van der Waals surface area contributed by atoms with E-state index in [1.165, 1.54) is 83.1 Å². The molecule has 1 N–H and O–H groups in total. The predicted molar refractivity (Wildman–Crippen MR) is 128 cm³/mol. The molecule has 1 unspecified atom stereocenters. The van der Waals surface area contributed by atoms with E-state index >= 15 is 0 Å². The molecule has 0 bridgehead atoms. The molecule has 0 saturated carbocycles. The summed E-state index contributed by atoms with van der Waals surface area (Å²) in [6.45, 7) is 2.65. The molecule has 1 atom stereocenters. The zero-order chi connectivity index (χ0) is 21.9. The van der Waals surface area contributed by atoms with E-state index in [2.05, 4.69) is 6.92 Å². The van der Waals surface area contributed by atoms with Crippen LogP contribution in [0.3, 0.4) is 0 Å². The minimum absolute atomic E-state index is 0.0487. The van der Waals surface area contributed by atoms with Crippen molar-refractivity contribution in [1.29, 1.82) is 0 Å². The number of halogens is 1. The number of benzene rings is 1. The van der Waals surface area contributed by atoms with Crippen LogP contribution in [0, 0.1) is 0 Å². The summed E-state index contributed by atoms with van der Waals surface area (Å²) in [4.78, 5) is 0. The third kappa shape index (κ3) is 13.6. The molecule has 0 aliphatic carbocycles. The van der Waals surface area contributed by atoms with E-state index in [-0.39, 0.29) is 23.5 Å². The Hall–Kier alpha value is -0.700. The normalized spacial score (nSPS) is 13.3. The van der Waals surface area contributed by atoms with Crippen LogP contribution in [-0.2, 0) is 9.09 Å². The lowest BCUT2D eigenvalue weighted by molar-refractivity contribution is 0.256. The third-order valence-corrected chi connectivity index (χ3v) is 7.52. The van der Waals surface area contributed by atoms with Crippen LogP contribution in [0.15, 0.2) is 24.3 Å². The molecule has 30 heavy (non-hydrogen) atoms. The number of hydrogen-bond acceptors (Lipinski definition) is 4. The summed E-state index contributed by atoms with van der Waals surface area (Å²) in [6.07, 6.45) is 18.2. The fourth-order valence-electron chi connectivity index (χ4n) is 3.42. The highest BCUT2D eigenvalue weighted by molar-refractivity contribution is 7.54. The molecule has 1 aromatic rings. The largest absolute Gasteiger partial charge is 0.504 e. The number of aromatic hydroxyl groups is 1. The first kappa shape index (κ1) is 27.3. The van der Waals surface area contributed by atoms with Crippen LogP contribution in [0.2, 0.25) is 0 Å². The quantitative estimate of drug-likeness (QED) is 0.120. The Labute approximate surface area is 189 Å². The molecular weight excluding hydrogens is 419 g/mol. The van der Waals surface area contributed by atoms with Crippen molar-refractivity contribution in [2.45, 2.75) is 96.8 Å². The lowest BCUT2D eigenvalue weighted by Gasteiger charge is -2.19. The molecule has 0 radical (unpaired) electrons. The number of para-hydroxylation sites is 2. The monoisotopic (exact) mass is 460 g/mol. The van der Waals surface area contributed by atoms with Crippen molar-refractivity contribution in [3.63, 3.8) is 0 Å². The minimum Gasteiger partial charge on any atom is -0.504 e. The Morgan fingerprint density at radius 3 is 1.83 bits per heavy atom. The van der Waals surface area contributed by atoms with Gasteiger partial charge in [-0.25, -0.2) is 4.57 Å². The molecule has 0 saturated heterocycles. The Kier molecular flexibility index (Phi) is 16.3. The SMILES string of the molecule is CCCCCCCCCCCCCCCCOP(=O)(CCCl)Oc1ccccc1O. The molecule has 1 rings (SSSR count). The van der Waals surface area contributed by atoms with Gasteiger partial charge in [-0.3, -0.25) is 4.52 Å². The first-order valence-corrected chi connectivity index (χ1v) is 14.1. The maximum atomic E-state index is 12.8. The van der Waals surface area contributed by atoms with Gasteiger partial charge in [0.2, 0.25) is 0 Å². The van der Waals surface area contributed by atoms with Crippen LogP contribution in [0.5, 0.6) is 11.5 Å². The van der Waals surface area contributed by atoms with Gasteiger partial charge in [-0.1, -0.05) is 103 Å². The molecular formula is C24H42ClO4P. The van der Waals surface area contributed by atoms with Crippen molar-refractivity contribution >= 4 is 19.2 Å². The Balaban J connectivity index is 2.03. The number of hydrogen-bond donors (Lipinski definition) is 1. The van der Waals surface area contributed by atoms with Crippen molar-refractivity contribution in [2.24, 2.45) is 0 Å². The number of phenols is 1. The summed E-state index contributed by atoms with van der Waals surface area (Å²) >= 11 is 5.77. The van der Waals surface area contributed by atoms with Crippen molar-refractivity contribution in [3.8, 4) is 11.5 Å². The fraction of sp³-hybridized carbons (Fsp3) is 0.750. The van der Waals surface area contributed by atoms with E-state index in [0.29, 0.717) is 6.61 Å². The highest BCUT2D eigenvalue weighted by Gasteiger charge is 2.26. The third-order valence-electron chi connectivity index (χ3n) is 5.25. The molecule has 0 aliphatic rings. The summed E-state index contributed by atoms with van der Waals surface area (Å²) in [5.41, 5.74) is 0. The zero-order valence-electron chi connectivity index (χ0n) is 18.8. The van der Waals surface area contributed by atoms with Gasteiger partial charge in [0.05, 0.1) is 12.8 Å². The van der Waals surface area contributed by atoms with Gasteiger partial charge in [0, 0.05) is 5.88 Å². The number of unbranched alkanes of at least 4 members (excludes halogenated alkanes) is 13. The lowest BCUT2D eigenvalue weighted by atomic mass is 10.0. The summed E-state index contributed by atoms with van der Waals surface area (Å²) < 4.78 is 23.9. The second kappa shape index (κ2) is 17.9. The van der Waals surface area contributed by atoms with Gasteiger partial charge in [0.15, 0.2) is 11.5 Å². The standard InChI is InChI=1S/C24H42ClO4P/c1-2-3-4-5-6-7-8-9-10-11-12-13-14-17-21-28-30(27,22-20-25)29-24-19-16-15-18-23(24)26/h15-16,18-19,26H,2-14,17,20-22H2,1H3. The van der Waals surface area contributed by atoms with Gasteiger partial charge in [-0.05, 0) is 18.6 Å². The first-order chi connectivity index (χ1) is 14.6. The smallest absolute Gasteiger partial charge is 0.380 e. The van der Waals surface area contributed by atoms with E-state index in [9.17, 15) is 9.67 Å². The Morgan fingerprint density at radius 2 is 1.33 bits per heavy atom. The average Bonchev–Trinajstić information content (AvgIpc) is 2.73. The van der Waals surface area contributed by atoms with Gasteiger partial charge < -0.3 is 9.63 Å². The van der Waals surface area contributed by atoms with E-state index in [4.69, 9.17) is 20.6 Å². The molecule has 0 fully saturated rings. The zero-order valence-corrected chi connectivity index (χ0v) is 20.5. The Bertz CT molecular complexity index is 582. The summed E-state index contributed by atoms with van der Waals surface area (Å²) in [7, 11) is -3.35. The van der Waals surface area contributed by atoms with Crippen LogP contribution in [0.25, 0.3) is 0 Å². The molecule has 174 valence electrons. The predicted octanol–water partition coefficient (Wildman–Crippen LogP) is 8.70. The second-order valence-corrected chi connectivity index (χ2v) is 10.5. The van der Waals surface area contributed by atoms with Crippen molar-refractivity contribution in [2.75, 3.05) is 18.6 Å². The maximum absolute atomic E-state index is 12.8. The molecule has 0 spiro atoms. The van der Waals surface area contributed by atoms with E-state index in [1.54, 1.807) is 18.2 Å². The van der Waals surface area contributed by atoms with Crippen molar-refractivity contribution in [3.05, 3.63) is 24.3 Å². The lowest BCUT2D eigenvalue weighted by Crippen LogP contribution is -2.05. The van der Waals surface area contributed by atoms with Crippen molar-refractivity contribution < 1.29 is 18.7 Å². The summed E-state index contributed by atoms with van der Waals surface area (Å²) in [6, 6.07) is 6.47. The van der Waals surface area contributed by atoms with Crippen LogP contribution in [0.1, 0.15) is 96.8 Å². The fourth-order valence-corrected chi connectivity index (χ4v) is 5.39. The highest BCUT2D eigenvalue weighted by Crippen LogP contribution is 2.50. The van der Waals surface area contributed by atoms with Crippen LogP contribution in [-0.4, -0.2) is 23.8 Å². The van der Waals surface area contributed by atoms with Crippen LogP contribution in [0.4, 0.5) is 0 Å². The molecule has 0 heterocycles. The molecule has 0 amide bonds. The van der Waals surface area contributed by atoms with Gasteiger partial charge in [-0.15, -0.1) is 11.6 Å². The number of alkyl halides is 1. The molecule has 4 nitrogen and oxygen atoms in total. The Morgan fingerprint density at radius 1 is 0.833 bits per heavy atom. The van der Waals surface area contributed by atoms with Gasteiger partial charge in [0.25, 0.3) is 0 Å². The van der Waals surface area contributed by atoms with Crippen LogP contribution >= 0.6 is 19.2 Å². The topological polar surface area (TPSA) is 55.8 Å². The van der Waals surface area contributed by atoms with Gasteiger partial charge in [-0.2, -0.15) is 0 Å². The maximum Gasteiger partial charge on any atom is 0.380 e. The highest BCUT2D eigenvalue weighted by atomic mass is 35.5. The van der Waals surface area contributed by atoms with Gasteiger partial charge in [0.1, 0.15) is 0 Å². The molecule has 0 aromatic heterocycles. The molecule has 1 aromatic carbocycles. The van der Waals surface area contributed by atoms with E-state index < -0.39 is 7.60 Å². The second-order valence-electron chi connectivity index (χ2n) is 8.01. The van der Waals surface area contributed by atoms with E-state index in [1.807, 2.05) is 0 Å². The van der Waals surface area contributed by atoms with E-state index in [0.717, 1.165) is 12.8 Å². The van der Waals surface area contributed by atoms with Crippen molar-refractivity contribution in [1.82, 2.24) is 0 Å². The number of rotatable bonds is 20. The number of phenolic OH excluding ortho intramolecular Hbond substituents is 1. The molecule has 0 aliphatic heterocycles. The average molecular weight is 461 g/mol. The van der Waals surface area contributed by atoms with Crippen LogP contribution < -0.4 is 4.52 Å². The molecule has 6 heteroatoms. The minimum atomic E-state index is -3.35. The van der Waals surface area contributed by atoms with Gasteiger partial charge >= 0.3 is 7.60 Å². The summed E-state index contributed by atoms with van der Waals surface area (Å²) in [5, 5.41) is 9.81. The summed E-state index contributed by atoms with van der Waals surface area (Å²) in [5.74, 6) is 0.308.